The van der Waals surface area contributed by atoms with E-state index in [-0.39, 0.29) is 0 Å². The molecule has 0 aromatic carbocycles. The van der Waals surface area contributed by atoms with Crippen LogP contribution in [0.3, 0.4) is 0 Å². The lowest BCUT2D eigenvalue weighted by atomic mass is 9.76. The number of nitrogens with zero attached hydrogens (tertiary/aromatic N) is 2. The second kappa shape index (κ2) is 6.14. The number of ether oxygens (including phenoxy) is 1. The van der Waals surface area contributed by atoms with Gasteiger partial charge in [0.25, 0.3) is 0 Å². The molecule has 3 rings (SSSR count). The first-order chi connectivity index (χ1) is 9.71. The van der Waals surface area contributed by atoms with Gasteiger partial charge in [-0.25, -0.2) is 0 Å². The van der Waals surface area contributed by atoms with Gasteiger partial charge >= 0.3 is 0 Å². The molecule has 2 fully saturated rings. The maximum atomic E-state index is 5.37. The maximum Gasteiger partial charge on any atom is 0.0618 e. The summed E-state index contributed by atoms with van der Waals surface area (Å²) in [6.07, 6.45) is 4.02. The molecule has 1 unspecified atom stereocenters. The van der Waals surface area contributed by atoms with Crippen molar-refractivity contribution in [1.29, 1.82) is 0 Å². The summed E-state index contributed by atoms with van der Waals surface area (Å²) in [7, 11) is 4.08. The minimum atomic E-state index is 0.559. The van der Waals surface area contributed by atoms with Crippen LogP contribution in [-0.4, -0.2) is 56.2 Å². The topological polar surface area (TPSA) is 15.7 Å². The van der Waals surface area contributed by atoms with Crippen molar-refractivity contribution in [2.75, 3.05) is 40.4 Å². The lowest BCUT2D eigenvalue weighted by Gasteiger charge is -2.39. The van der Waals surface area contributed by atoms with Gasteiger partial charge in [0.05, 0.1) is 6.61 Å². The molecule has 2 saturated heterocycles. The van der Waals surface area contributed by atoms with Crippen LogP contribution in [0.15, 0.2) is 17.5 Å². The zero-order valence-electron chi connectivity index (χ0n) is 12.7. The summed E-state index contributed by atoms with van der Waals surface area (Å²) >= 11 is 1.88. The highest BCUT2D eigenvalue weighted by atomic mass is 32.1. The molecule has 1 atom stereocenters. The van der Waals surface area contributed by atoms with Gasteiger partial charge in [0.1, 0.15) is 0 Å². The van der Waals surface area contributed by atoms with Gasteiger partial charge < -0.3 is 9.64 Å². The van der Waals surface area contributed by atoms with E-state index >= 15 is 0 Å². The predicted molar refractivity (Wildman–Crippen MR) is 84.2 cm³/mol. The molecule has 20 heavy (non-hydrogen) atoms. The number of piperidine rings is 1. The van der Waals surface area contributed by atoms with Crippen molar-refractivity contribution in [2.24, 2.45) is 5.41 Å². The molecular formula is C16H26N2OS. The zero-order chi connectivity index (χ0) is 14.0. The van der Waals surface area contributed by atoms with Crippen LogP contribution in [-0.2, 0) is 11.3 Å². The van der Waals surface area contributed by atoms with Gasteiger partial charge in [0.2, 0.25) is 0 Å². The van der Waals surface area contributed by atoms with Gasteiger partial charge in [-0.15, -0.1) is 11.3 Å². The number of hydrogen-bond donors (Lipinski definition) is 0. The van der Waals surface area contributed by atoms with Crippen LogP contribution in [0.5, 0.6) is 0 Å². The van der Waals surface area contributed by atoms with E-state index in [1.54, 1.807) is 0 Å². The Morgan fingerprint density at radius 1 is 1.40 bits per heavy atom. The molecule has 112 valence electrons. The van der Waals surface area contributed by atoms with E-state index in [1.807, 2.05) is 18.4 Å². The van der Waals surface area contributed by atoms with Gasteiger partial charge in [-0.3, -0.25) is 4.90 Å². The number of thiophene rings is 1. The Balaban J connectivity index is 1.53. The summed E-state index contributed by atoms with van der Waals surface area (Å²) in [5.74, 6) is 0. The van der Waals surface area contributed by atoms with Crippen molar-refractivity contribution >= 4 is 11.3 Å². The molecule has 0 bridgehead atoms. The van der Waals surface area contributed by atoms with E-state index in [1.165, 1.54) is 43.8 Å². The van der Waals surface area contributed by atoms with E-state index < -0.39 is 0 Å². The van der Waals surface area contributed by atoms with Gasteiger partial charge in [0, 0.05) is 31.1 Å². The van der Waals surface area contributed by atoms with Crippen LogP contribution in [0.4, 0.5) is 0 Å². The summed E-state index contributed by atoms with van der Waals surface area (Å²) < 4.78 is 5.37. The quantitative estimate of drug-likeness (QED) is 0.849. The van der Waals surface area contributed by atoms with E-state index in [0.717, 1.165) is 13.2 Å². The molecule has 3 heterocycles. The van der Waals surface area contributed by atoms with Crippen molar-refractivity contribution in [3.63, 3.8) is 0 Å². The monoisotopic (exact) mass is 294 g/mol. The number of likely N-dealkylation sites (N-methyl/N-ethyl adjacent to an activating group) is 1. The maximum absolute atomic E-state index is 5.37. The lowest BCUT2D eigenvalue weighted by molar-refractivity contribution is 0.105. The molecular weight excluding hydrogens is 268 g/mol. The first-order valence-electron chi connectivity index (χ1n) is 7.65. The smallest absolute Gasteiger partial charge is 0.0618 e. The Morgan fingerprint density at radius 3 is 2.85 bits per heavy atom. The van der Waals surface area contributed by atoms with Gasteiger partial charge in [-0.05, 0) is 56.3 Å². The molecule has 4 heteroatoms. The molecule has 3 nitrogen and oxygen atoms in total. The molecule has 0 amide bonds. The Morgan fingerprint density at radius 2 is 2.20 bits per heavy atom. The number of rotatable bonds is 4. The lowest BCUT2D eigenvalue weighted by Crippen LogP contribution is -2.40. The van der Waals surface area contributed by atoms with Crippen molar-refractivity contribution in [2.45, 2.75) is 31.8 Å². The third kappa shape index (κ3) is 3.08. The summed E-state index contributed by atoms with van der Waals surface area (Å²) in [6.45, 7) is 5.80. The van der Waals surface area contributed by atoms with Crippen LogP contribution >= 0.6 is 11.3 Å². The fourth-order valence-electron chi connectivity index (χ4n) is 3.93. The zero-order valence-corrected chi connectivity index (χ0v) is 13.5. The fourth-order valence-corrected chi connectivity index (χ4v) is 4.67. The number of methoxy groups -OCH3 is 1. The molecule has 0 radical (unpaired) electrons. The summed E-state index contributed by atoms with van der Waals surface area (Å²) in [5, 5.41) is 2.18. The summed E-state index contributed by atoms with van der Waals surface area (Å²) in [5.41, 5.74) is 0.559. The van der Waals surface area contributed by atoms with Crippen LogP contribution < -0.4 is 0 Å². The van der Waals surface area contributed by atoms with E-state index in [2.05, 4.69) is 34.4 Å². The molecule has 1 aromatic rings. The van der Waals surface area contributed by atoms with Crippen LogP contribution in [0.25, 0.3) is 0 Å². The van der Waals surface area contributed by atoms with Crippen molar-refractivity contribution in [3.05, 3.63) is 22.4 Å². The Hall–Kier alpha value is -0.420. The van der Waals surface area contributed by atoms with Crippen LogP contribution in [0.2, 0.25) is 0 Å². The average Bonchev–Trinajstić information content (AvgIpc) is 3.03. The van der Waals surface area contributed by atoms with Gasteiger partial charge in [-0.1, -0.05) is 6.07 Å². The Labute approximate surface area is 126 Å². The average molecular weight is 294 g/mol. The van der Waals surface area contributed by atoms with E-state index in [9.17, 15) is 0 Å². The molecule has 2 aliphatic heterocycles. The van der Waals surface area contributed by atoms with Crippen LogP contribution in [0, 0.1) is 5.41 Å². The van der Waals surface area contributed by atoms with Crippen molar-refractivity contribution in [3.8, 4) is 0 Å². The molecule has 0 saturated carbocycles. The molecule has 0 aliphatic carbocycles. The first-order valence-corrected chi connectivity index (χ1v) is 8.53. The molecule has 1 aromatic heterocycles. The van der Waals surface area contributed by atoms with Crippen molar-refractivity contribution < 1.29 is 4.74 Å². The van der Waals surface area contributed by atoms with Crippen molar-refractivity contribution in [1.82, 2.24) is 9.80 Å². The first kappa shape index (κ1) is 14.5. The Kier molecular flexibility index (Phi) is 4.46. The van der Waals surface area contributed by atoms with E-state index in [0.29, 0.717) is 11.5 Å². The normalized spacial score (nSPS) is 27.4. The highest BCUT2D eigenvalue weighted by Gasteiger charge is 2.43. The van der Waals surface area contributed by atoms with E-state index in [4.69, 9.17) is 4.74 Å². The second-order valence-electron chi connectivity index (χ2n) is 6.58. The number of likely N-dealkylation sites (tertiary alicyclic amines) is 2. The standard InChI is InChI=1S/C16H26N2OS/c1-17-13-16(10-14(17)12-19-2)5-7-18(8-6-16)11-15-4-3-9-20-15/h3-4,9,14H,5-8,10-13H2,1-2H3. The fraction of sp³-hybridized carbons (Fsp3) is 0.750. The Bertz CT molecular complexity index is 412. The molecule has 2 aliphatic rings. The largest absolute Gasteiger partial charge is 0.383 e. The van der Waals surface area contributed by atoms with Gasteiger partial charge in [0.15, 0.2) is 0 Å². The molecule has 0 N–H and O–H groups in total. The summed E-state index contributed by atoms with van der Waals surface area (Å²) in [6, 6.07) is 5.04. The molecule has 1 spiro atoms. The minimum Gasteiger partial charge on any atom is -0.383 e. The number of hydrogen-bond acceptors (Lipinski definition) is 4. The minimum absolute atomic E-state index is 0.559. The highest BCUT2D eigenvalue weighted by Crippen LogP contribution is 2.43. The highest BCUT2D eigenvalue weighted by molar-refractivity contribution is 7.09. The van der Waals surface area contributed by atoms with Gasteiger partial charge in [-0.2, -0.15) is 0 Å². The third-order valence-corrected chi connectivity index (χ3v) is 5.97. The summed E-state index contributed by atoms with van der Waals surface area (Å²) in [4.78, 5) is 6.64. The SMILES string of the molecule is COCC1CC2(CCN(Cc3cccs3)CC2)CN1C. The van der Waals surface area contributed by atoms with Crippen LogP contribution in [0.1, 0.15) is 24.1 Å². The third-order valence-electron chi connectivity index (χ3n) is 5.11. The predicted octanol–water partition coefficient (Wildman–Crippen LogP) is 2.68. The second-order valence-corrected chi connectivity index (χ2v) is 7.62.